The maximum Gasteiger partial charge on any atom is 0.350 e. The normalized spacial score (nSPS) is 24.5. The van der Waals surface area contributed by atoms with E-state index in [1.807, 2.05) is 0 Å². The van der Waals surface area contributed by atoms with Gasteiger partial charge in [-0.05, 0) is 25.7 Å². The molecule has 0 saturated heterocycles. The molecule has 0 spiro atoms. The van der Waals surface area contributed by atoms with Crippen LogP contribution in [0, 0.1) is 5.92 Å². The molecule has 0 amide bonds. The highest BCUT2D eigenvalue weighted by Gasteiger charge is 2.44. The summed E-state index contributed by atoms with van der Waals surface area (Å²) in [5.41, 5.74) is -2.02. The Hall–Kier alpha value is -2.65. The molecule has 1 fully saturated rings. The van der Waals surface area contributed by atoms with Crippen molar-refractivity contribution in [2.75, 3.05) is 17.7 Å². The van der Waals surface area contributed by atoms with E-state index < -0.39 is 29.1 Å². The molecule has 0 aromatic carbocycles. The van der Waals surface area contributed by atoms with Crippen LogP contribution in [0.2, 0.25) is 0 Å². The second-order valence-electron chi connectivity index (χ2n) is 5.20. The van der Waals surface area contributed by atoms with Gasteiger partial charge in [0, 0.05) is 7.05 Å². The Morgan fingerprint density at radius 2 is 1.91 bits per heavy atom. The summed E-state index contributed by atoms with van der Waals surface area (Å²) >= 11 is 0. The fourth-order valence-electron chi connectivity index (χ4n) is 2.53. The van der Waals surface area contributed by atoms with Crippen molar-refractivity contribution in [1.82, 2.24) is 15.0 Å². The summed E-state index contributed by atoms with van der Waals surface area (Å²) in [6.45, 7) is 0. The predicted molar refractivity (Wildman–Crippen MR) is 75.8 cm³/mol. The van der Waals surface area contributed by atoms with Crippen LogP contribution in [-0.2, 0) is 9.59 Å². The summed E-state index contributed by atoms with van der Waals surface area (Å²) in [6.07, 6.45) is 0.728. The number of carboxylic acids is 2. The van der Waals surface area contributed by atoms with E-state index in [4.69, 9.17) is 5.11 Å². The van der Waals surface area contributed by atoms with E-state index in [9.17, 15) is 19.5 Å². The lowest BCUT2D eigenvalue weighted by molar-refractivity contribution is -0.148. The number of aromatic amines is 1. The van der Waals surface area contributed by atoms with Crippen molar-refractivity contribution >= 4 is 23.8 Å². The Morgan fingerprint density at radius 3 is 2.41 bits per heavy atom. The fraction of sp³-hybridized carbons (Fsp3) is 0.583. The van der Waals surface area contributed by atoms with Crippen LogP contribution in [0.3, 0.4) is 0 Å². The number of carboxylic acid groups (broad SMARTS) is 2. The van der Waals surface area contributed by atoms with Crippen LogP contribution in [0.25, 0.3) is 0 Å². The predicted octanol–water partition coefficient (Wildman–Crippen LogP) is -0.283. The number of carbonyl (C=O) groups is 2. The summed E-state index contributed by atoms with van der Waals surface area (Å²) in [5.74, 6) is -2.54. The van der Waals surface area contributed by atoms with Gasteiger partial charge in [0.2, 0.25) is 11.9 Å². The first-order valence-corrected chi connectivity index (χ1v) is 6.77. The van der Waals surface area contributed by atoms with Crippen LogP contribution in [0.5, 0.6) is 0 Å². The average Bonchev–Trinajstić information content (AvgIpc) is 2.46. The number of aromatic nitrogens is 3. The molecular formula is C12H17N5O5. The molecule has 0 unspecified atom stereocenters. The van der Waals surface area contributed by atoms with Gasteiger partial charge in [0.15, 0.2) is 0 Å². The average molecular weight is 311 g/mol. The molecule has 1 aliphatic rings. The van der Waals surface area contributed by atoms with Gasteiger partial charge < -0.3 is 20.8 Å². The lowest BCUT2D eigenvalue weighted by atomic mass is 9.76. The number of nitrogens with one attached hydrogen (secondary N) is 3. The molecule has 2 rings (SSSR count). The van der Waals surface area contributed by atoms with E-state index in [0.29, 0.717) is 0 Å². The third kappa shape index (κ3) is 3.15. The molecule has 0 bridgehead atoms. The molecule has 1 saturated carbocycles. The SMILES string of the molecule is CNc1nc(NC2(C(=O)O)CCC(C(=O)O)CC2)[nH]c(=O)n1. The third-order valence-electron chi connectivity index (χ3n) is 3.83. The van der Waals surface area contributed by atoms with E-state index in [2.05, 4.69) is 25.6 Å². The highest BCUT2D eigenvalue weighted by atomic mass is 16.4. The van der Waals surface area contributed by atoms with E-state index in [1.165, 1.54) is 7.05 Å². The van der Waals surface area contributed by atoms with E-state index in [0.717, 1.165) is 0 Å². The number of nitrogens with zero attached hydrogens (tertiary/aromatic N) is 2. The molecule has 1 aromatic heterocycles. The van der Waals surface area contributed by atoms with Gasteiger partial charge in [0.1, 0.15) is 5.54 Å². The molecular weight excluding hydrogens is 294 g/mol. The van der Waals surface area contributed by atoms with Crippen LogP contribution in [0.15, 0.2) is 4.79 Å². The summed E-state index contributed by atoms with van der Waals surface area (Å²) in [4.78, 5) is 43.9. The maximum atomic E-state index is 11.6. The lowest BCUT2D eigenvalue weighted by Gasteiger charge is -2.36. The van der Waals surface area contributed by atoms with Crippen LogP contribution in [-0.4, -0.2) is 49.7 Å². The van der Waals surface area contributed by atoms with Crippen molar-refractivity contribution < 1.29 is 19.8 Å². The molecule has 0 radical (unpaired) electrons. The molecule has 22 heavy (non-hydrogen) atoms. The molecule has 0 aliphatic heterocycles. The fourth-order valence-corrected chi connectivity index (χ4v) is 2.53. The lowest BCUT2D eigenvalue weighted by Crippen LogP contribution is -2.50. The molecule has 1 heterocycles. The number of hydrogen-bond acceptors (Lipinski definition) is 7. The number of anilines is 2. The monoisotopic (exact) mass is 311 g/mol. The first-order chi connectivity index (χ1) is 10.4. The number of H-pyrrole nitrogens is 1. The van der Waals surface area contributed by atoms with Crippen molar-refractivity contribution in [2.45, 2.75) is 31.2 Å². The van der Waals surface area contributed by atoms with Gasteiger partial charge in [-0.25, -0.2) is 9.59 Å². The second kappa shape index (κ2) is 6.00. The number of rotatable bonds is 5. The van der Waals surface area contributed by atoms with E-state index in [-0.39, 0.29) is 37.6 Å². The molecule has 0 atom stereocenters. The maximum absolute atomic E-state index is 11.6. The Balaban J connectivity index is 2.23. The van der Waals surface area contributed by atoms with Crippen molar-refractivity contribution in [3.8, 4) is 0 Å². The summed E-state index contributed by atoms with van der Waals surface area (Å²) in [6, 6.07) is 0. The van der Waals surface area contributed by atoms with Crippen LogP contribution < -0.4 is 16.3 Å². The molecule has 1 aliphatic carbocycles. The Labute approximate surface area is 125 Å². The van der Waals surface area contributed by atoms with Crippen LogP contribution in [0.4, 0.5) is 11.9 Å². The van der Waals surface area contributed by atoms with Gasteiger partial charge in [-0.15, -0.1) is 0 Å². The smallest absolute Gasteiger partial charge is 0.350 e. The molecule has 10 heteroatoms. The number of hydrogen-bond donors (Lipinski definition) is 5. The van der Waals surface area contributed by atoms with Crippen LogP contribution in [0.1, 0.15) is 25.7 Å². The zero-order valence-corrected chi connectivity index (χ0v) is 11.9. The van der Waals surface area contributed by atoms with Crippen molar-refractivity contribution in [1.29, 1.82) is 0 Å². The summed E-state index contributed by atoms with van der Waals surface area (Å²) in [7, 11) is 1.53. The van der Waals surface area contributed by atoms with Gasteiger partial charge in [-0.2, -0.15) is 9.97 Å². The largest absolute Gasteiger partial charge is 0.481 e. The van der Waals surface area contributed by atoms with Gasteiger partial charge >= 0.3 is 17.6 Å². The number of aliphatic carboxylic acids is 2. The highest BCUT2D eigenvalue weighted by molar-refractivity contribution is 5.83. The van der Waals surface area contributed by atoms with E-state index in [1.54, 1.807) is 0 Å². The zero-order valence-electron chi connectivity index (χ0n) is 11.9. The summed E-state index contributed by atoms with van der Waals surface area (Å²) in [5, 5.41) is 23.8. The van der Waals surface area contributed by atoms with Crippen LogP contribution >= 0.6 is 0 Å². The first kappa shape index (κ1) is 15.7. The zero-order chi connectivity index (χ0) is 16.3. The first-order valence-electron chi connectivity index (χ1n) is 6.77. The van der Waals surface area contributed by atoms with Gasteiger partial charge in [0.25, 0.3) is 0 Å². The Morgan fingerprint density at radius 1 is 1.27 bits per heavy atom. The molecule has 120 valence electrons. The minimum absolute atomic E-state index is 0.0134. The Kier molecular flexibility index (Phi) is 4.29. The molecule has 5 N–H and O–H groups in total. The molecule has 10 nitrogen and oxygen atoms in total. The second-order valence-corrected chi connectivity index (χ2v) is 5.20. The third-order valence-corrected chi connectivity index (χ3v) is 3.83. The van der Waals surface area contributed by atoms with Crippen molar-refractivity contribution in [3.05, 3.63) is 10.5 Å². The van der Waals surface area contributed by atoms with Gasteiger partial charge in [0.05, 0.1) is 5.92 Å². The minimum Gasteiger partial charge on any atom is -0.481 e. The van der Waals surface area contributed by atoms with Crippen molar-refractivity contribution in [3.63, 3.8) is 0 Å². The van der Waals surface area contributed by atoms with Gasteiger partial charge in [-0.1, -0.05) is 0 Å². The topological polar surface area (TPSA) is 157 Å². The highest BCUT2D eigenvalue weighted by Crippen LogP contribution is 2.34. The quantitative estimate of drug-likeness (QED) is 0.493. The Bertz CT molecular complexity index is 635. The van der Waals surface area contributed by atoms with E-state index >= 15 is 0 Å². The summed E-state index contributed by atoms with van der Waals surface area (Å²) < 4.78 is 0. The van der Waals surface area contributed by atoms with Gasteiger partial charge in [-0.3, -0.25) is 9.78 Å². The molecule has 1 aromatic rings. The standard InChI is InChI=1S/C12H17N5O5/c1-13-9-14-10(16-11(22)15-9)17-12(8(20)21)4-2-6(3-5-12)7(18)19/h6H,2-5H2,1H3,(H,18,19)(H,20,21)(H3,13,14,15,16,17,22). The minimum atomic E-state index is -1.35. The van der Waals surface area contributed by atoms with Crippen molar-refractivity contribution in [2.24, 2.45) is 5.92 Å².